The van der Waals surface area contributed by atoms with E-state index >= 15 is 0 Å². The van der Waals surface area contributed by atoms with E-state index in [1.54, 1.807) is 6.92 Å². The van der Waals surface area contributed by atoms with Gasteiger partial charge in [0, 0.05) is 5.57 Å². The van der Waals surface area contributed by atoms with Crippen LogP contribution >= 0.6 is 0 Å². The predicted octanol–water partition coefficient (Wildman–Crippen LogP) is 3.07. The number of esters is 1. The molecule has 0 aromatic rings. The second-order valence-corrected chi connectivity index (χ2v) is 8.25. The lowest BCUT2D eigenvalue weighted by Gasteiger charge is -2.61. The summed E-state index contributed by atoms with van der Waals surface area (Å²) in [5, 5.41) is 2.60. The van der Waals surface area contributed by atoms with E-state index in [9.17, 15) is 9.59 Å². The van der Waals surface area contributed by atoms with Gasteiger partial charge in [0.25, 0.3) is 0 Å². The Balaban J connectivity index is 1.71. The molecule has 0 unspecified atom stereocenters. The predicted molar refractivity (Wildman–Crippen MR) is 88.5 cm³/mol. The minimum Gasteiger partial charge on any atom is -0.457 e. The fourth-order valence-corrected chi connectivity index (χ4v) is 5.68. The number of carbonyl (C=O) groups is 2. The van der Waals surface area contributed by atoms with E-state index in [0.29, 0.717) is 23.3 Å². The summed E-state index contributed by atoms with van der Waals surface area (Å²) in [5.74, 6) is 2.40. The molecule has 128 valence electrons. The Kier molecular flexibility index (Phi) is 4.28. The second-order valence-electron chi connectivity index (χ2n) is 8.25. The maximum absolute atomic E-state index is 12.4. The van der Waals surface area contributed by atoms with Gasteiger partial charge in [0.15, 0.2) is 0 Å². The zero-order valence-electron chi connectivity index (χ0n) is 14.6. The summed E-state index contributed by atoms with van der Waals surface area (Å²) < 4.78 is 6.12. The van der Waals surface area contributed by atoms with Gasteiger partial charge in [-0.15, -0.1) is 0 Å². The molecule has 4 rings (SSSR count). The minimum atomic E-state index is -0.321. The molecule has 0 spiro atoms. The molecule has 4 nitrogen and oxygen atoms in total. The number of nitrogens with one attached hydrogen (secondary N) is 1. The Morgan fingerprint density at radius 1 is 1.13 bits per heavy atom. The highest BCUT2D eigenvalue weighted by Gasteiger charge is 2.60. The highest BCUT2D eigenvalue weighted by molar-refractivity contribution is 5.94. The summed E-state index contributed by atoms with van der Waals surface area (Å²) in [6.07, 6.45) is 6.20. The highest BCUT2D eigenvalue weighted by Crippen LogP contribution is 2.61. The van der Waals surface area contributed by atoms with Crippen molar-refractivity contribution in [3.05, 3.63) is 12.2 Å². The van der Waals surface area contributed by atoms with Crippen LogP contribution in [-0.4, -0.2) is 24.0 Å². The second kappa shape index (κ2) is 5.95. The average Bonchev–Trinajstić information content (AvgIpc) is 2.47. The summed E-state index contributed by atoms with van der Waals surface area (Å²) >= 11 is 0. The number of hydrogen-bond donors (Lipinski definition) is 1. The van der Waals surface area contributed by atoms with Crippen molar-refractivity contribution in [3.8, 4) is 0 Å². The molecule has 1 amide bonds. The van der Waals surface area contributed by atoms with Crippen LogP contribution in [0.3, 0.4) is 0 Å². The van der Waals surface area contributed by atoms with E-state index in [1.807, 2.05) is 0 Å². The number of amides is 1. The van der Waals surface area contributed by atoms with Crippen LogP contribution in [0.5, 0.6) is 0 Å². The zero-order chi connectivity index (χ0) is 16.8. The largest absolute Gasteiger partial charge is 0.457 e. The molecule has 0 heterocycles. The lowest BCUT2D eigenvalue weighted by molar-refractivity contribution is -0.224. The van der Waals surface area contributed by atoms with Crippen molar-refractivity contribution in [3.63, 3.8) is 0 Å². The van der Waals surface area contributed by atoms with E-state index in [4.69, 9.17) is 4.74 Å². The first-order valence-corrected chi connectivity index (χ1v) is 8.98. The van der Waals surface area contributed by atoms with Gasteiger partial charge >= 0.3 is 5.97 Å². The van der Waals surface area contributed by atoms with Gasteiger partial charge in [-0.25, -0.2) is 0 Å². The van der Waals surface area contributed by atoms with Crippen LogP contribution in [0.25, 0.3) is 0 Å². The molecule has 0 aromatic heterocycles. The smallest absolute Gasteiger partial charge is 0.325 e. The Labute approximate surface area is 139 Å². The molecule has 4 aliphatic rings. The van der Waals surface area contributed by atoms with Crippen LogP contribution in [0.15, 0.2) is 12.2 Å². The summed E-state index contributed by atoms with van der Waals surface area (Å²) in [6, 6.07) is 0. The van der Waals surface area contributed by atoms with Gasteiger partial charge in [-0.2, -0.15) is 0 Å². The molecular formula is C19H29NO3. The van der Waals surface area contributed by atoms with Crippen molar-refractivity contribution in [1.29, 1.82) is 0 Å². The molecule has 0 saturated heterocycles. The molecule has 0 radical (unpaired) electrons. The quantitative estimate of drug-likeness (QED) is 0.626. The van der Waals surface area contributed by atoms with Crippen LogP contribution in [0.1, 0.15) is 52.9 Å². The molecule has 1 N–H and O–H groups in total. The van der Waals surface area contributed by atoms with Crippen molar-refractivity contribution in [2.24, 2.45) is 29.6 Å². The van der Waals surface area contributed by atoms with E-state index in [1.165, 1.54) is 32.1 Å². The molecule has 0 aromatic carbocycles. The molecule has 4 heteroatoms. The van der Waals surface area contributed by atoms with Crippen molar-refractivity contribution in [1.82, 2.24) is 5.32 Å². The Bertz CT molecular complexity index is 495. The average molecular weight is 319 g/mol. The Morgan fingerprint density at radius 3 is 2.09 bits per heavy atom. The van der Waals surface area contributed by atoms with E-state index in [2.05, 4.69) is 25.7 Å². The van der Waals surface area contributed by atoms with Gasteiger partial charge in [-0.3, -0.25) is 9.59 Å². The maximum atomic E-state index is 12.4. The molecule has 4 aliphatic carbocycles. The molecule has 23 heavy (non-hydrogen) atoms. The number of rotatable bonds is 5. The summed E-state index contributed by atoms with van der Waals surface area (Å²) in [5.41, 5.74) is 0.0874. The van der Waals surface area contributed by atoms with Crippen molar-refractivity contribution < 1.29 is 14.3 Å². The van der Waals surface area contributed by atoms with Crippen molar-refractivity contribution in [2.45, 2.75) is 58.5 Å². The molecule has 4 saturated carbocycles. The maximum Gasteiger partial charge on any atom is 0.325 e. The Morgan fingerprint density at radius 2 is 1.65 bits per heavy atom. The Hall–Kier alpha value is -1.32. The lowest BCUT2D eigenvalue weighted by Crippen LogP contribution is -2.62. The number of ether oxygens (including phenoxy) is 1. The summed E-state index contributed by atoms with van der Waals surface area (Å²) in [4.78, 5) is 24.0. The zero-order valence-corrected chi connectivity index (χ0v) is 14.6. The molecule has 4 fully saturated rings. The third-order valence-corrected chi connectivity index (χ3v) is 6.39. The summed E-state index contributed by atoms with van der Waals surface area (Å²) in [7, 11) is 0. The molecule has 4 bridgehead atoms. The lowest BCUT2D eigenvalue weighted by atomic mass is 9.47. The third-order valence-electron chi connectivity index (χ3n) is 6.39. The van der Waals surface area contributed by atoms with Gasteiger partial charge in [-0.05, 0) is 68.6 Å². The van der Waals surface area contributed by atoms with Crippen molar-refractivity contribution in [2.75, 3.05) is 6.54 Å². The highest BCUT2D eigenvalue weighted by atomic mass is 16.6. The van der Waals surface area contributed by atoms with Gasteiger partial charge < -0.3 is 10.1 Å². The SMILES string of the molecule is C=C(C)C(=O)NCC(=O)OC1(C(C)C)C2CC3CC(C2)CC1C3. The molecular weight excluding hydrogens is 290 g/mol. The van der Waals surface area contributed by atoms with Crippen LogP contribution in [0.4, 0.5) is 0 Å². The number of carbonyl (C=O) groups excluding carboxylic acids is 2. The van der Waals surface area contributed by atoms with Gasteiger partial charge in [0.1, 0.15) is 12.1 Å². The van der Waals surface area contributed by atoms with Crippen molar-refractivity contribution >= 4 is 11.9 Å². The monoisotopic (exact) mass is 319 g/mol. The van der Waals surface area contributed by atoms with E-state index in [0.717, 1.165) is 11.8 Å². The number of hydrogen-bond acceptors (Lipinski definition) is 3. The first kappa shape index (κ1) is 16.5. The molecule has 0 aliphatic heterocycles. The minimum absolute atomic E-state index is 0.0630. The first-order chi connectivity index (χ1) is 10.8. The van der Waals surface area contributed by atoms with Gasteiger partial charge in [-0.1, -0.05) is 20.4 Å². The first-order valence-electron chi connectivity index (χ1n) is 8.98. The molecule has 0 atom stereocenters. The van der Waals surface area contributed by atoms with Gasteiger partial charge in [0.05, 0.1) is 0 Å². The topological polar surface area (TPSA) is 55.4 Å². The fourth-order valence-electron chi connectivity index (χ4n) is 5.68. The van der Waals surface area contributed by atoms with Gasteiger partial charge in [0.2, 0.25) is 5.91 Å². The standard InChI is InChI=1S/C19H29NO3/c1-11(2)18(22)20-10-17(21)23-19(12(3)4)15-6-13-5-14(8-15)9-16(19)7-13/h12-16H,1,5-10H2,2-4H3,(H,20,22). The van der Waals surface area contributed by atoms with Crippen LogP contribution < -0.4 is 5.32 Å². The van der Waals surface area contributed by atoms with Crippen LogP contribution in [0, 0.1) is 29.6 Å². The summed E-state index contributed by atoms with van der Waals surface area (Å²) in [6.45, 7) is 9.52. The fraction of sp³-hybridized carbons (Fsp3) is 0.789. The van der Waals surface area contributed by atoms with E-state index in [-0.39, 0.29) is 24.0 Å². The third kappa shape index (κ3) is 2.81. The van der Waals surface area contributed by atoms with Crippen LogP contribution in [-0.2, 0) is 14.3 Å². The van der Waals surface area contributed by atoms with E-state index < -0.39 is 0 Å². The van der Waals surface area contributed by atoms with Crippen LogP contribution in [0.2, 0.25) is 0 Å². The normalized spacial score (nSPS) is 37.7.